The summed E-state index contributed by atoms with van der Waals surface area (Å²) in [6, 6.07) is 0.00628. The number of rotatable bonds is 4. The molecule has 86 valence electrons. The summed E-state index contributed by atoms with van der Waals surface area (Å²) in [5.41, 5.74) is 5.42. The normalized spacial score (nSPS) is 28.7. The quantitative estimate of drug-likeness (QED) is 0.684. The van der Waals surface area contributed by atoms with E-state index in [0.29, 0.717) is 0 Å². The first-order valence-corrected chi connectivity index (χ1v) is 6.01. The van der Waals surface area contributed by atoms with Crippen molar-refractivity contribution in [2.24, 2.45) is 11.7 Å². The van der Waals surface area contributed by atoms with Crippen LogP contribution in [0.5, 0.6) is 0 Å². The molecular weight excluding hydrogens is 190 g/mol. The molecule has 0 bridgehead atoms. The van der Waals surface area contributed by atoms with Crippen LogP contribution in [-0.4, -0.2) is 43.0 Å². The number of primary amides is 1. The minimum atomic E-state index is -0.138. The third-order valence-electron chi connectivity index (χ3n) is 3.63. The summed E-state index contributed by atoms with van der Waals surface area (Å²) in [6.07, 6.45) is 4.52. The Morgan fingerprint density at radius 1 is 1.40 bits per heavy atom. The topological polar surface area (TPSA) is 58.4 Å². The molecule has 2 heterocycles. The number of nitrogens with one attached hydrogen (secondary N) is 1. The van der Waals surface area contributed by atoms with Crippen LogP contribution in [0.25, 0.3) is 0 Å². The van der Waals surface area contributed by atoms with Gasteiger partial charge in [-0.25, -0.2) is 0 Å². The predicted molar refractivity (Wildman–Crippen MR) is 59.4 cm³/mol. The summed E-state index contributed by atoms with van der Waals surface area (Å²) in [7, 11) is 0. The molecule has 0 aliphatic carbocycles. The Morgan fingerprint density at radius 2 is 2.20 bits per heavy atom. The van der Waals surface area contributed by atoms with Crippen molar-refractivity contribution in [3.63, 3.8) is 0 Å². The minimum absolute atomic E-state index is 0.00628. The number of hydrogen-bond acceptors (Lipinski definition) is 3. The first kappa shape index (κ1) is 10.9. The zero-order valence-electron chi connectivity index (χ0n) is 9.24. The lowest BCUT2D eigenvalue weighted by Crippen LogP contribution is -2.50. The van der Waals surface area contributed by atoms with Crippen molar-refractivity contribution < 1.29 is 4.79 Å². The number of nitrogens with two attached hydrogens (primary N) is 1. The van der Waals surface area contributed by atoms with Gasteiger partial charge in [0.2, 0.25) is 5.91 Å². The Hall–Kier alpha value is -0.610. The van der Waals surface area contributed by atoms with Crippen molar-refractivity contribution in [3.05, 3.63) is 0 Å². The molecule has 15 heavy (non-hydrogen) atoms. The molecule has 0 saturated carbocycles. The van der Waals surface area contributed by atoms with Gasteiger partial charge in [-0.1, -0.05) is 6.42 Å². The smallest absolute Gasteiger partial charge is 0.234 e. The summed E-state index contributed by atoms with van der Waals surface area (Å²) in [5, 5.41) is 3.27. The van der Waals surface area contributed by atoms with Crippen LogP contribution in [0.3, 0.4) is 0 Å². The van der Waals surface area contributed by atoms with Gasteiger partial charge in [-0.05, 0) is 51.4 Å². The van der Waals surface area contributed by atoms with Gasteiger partial charge in [0.1, 0.15) is 0 Å². The maximum atomic E-state index is 11.3. The highest BCUT2D eigenvalue weighted by Gasteiger charge is 2.27. The van der Waals surface area contributed by atoms with Crippen LogP contribution in [0.1, 0.15) is 25.7 Å². The van der Waals surface area contributed by atoms with Crippen molar-refractivity contribution in [3.8, 4) is 0 Å². The molecule has 2 saturated heterocycles. The van der Waals surface area contributed by atoms with Gasteiger partial charge in [0, 0.05) is 0 Å². The fraction of sp³-hybridized carbons (Fsp3) is 0.909. The lowest BCUT2D eigenvalue weighted by atomic mass is 9.96. The Kier molecular flexibility index (Phi) is 3.59. The predicted octanol–water partition coefficient (Wildman–Crippen LogP) is -0.0643. The van der Waals surface area contributed by atoms with Gasteiger partial charge in [-0.2, -0.15) is 0 Å². The van der Waals surface area contributed by atoms with Crippen LogP contribution in [0, 0.1) is 5.92 Å². The van der Waals surface area contributed by atoms with E-state index >= 15 is 0 Å². The van der Waals surface area contributed by atoms with Crippen molar-refractivity contribution in [2.75, 3.05) is 26.2 Å². The molecule has 0 radical (unpaired) electrons. The monoisotopic (exact) mass is 211 g/mol. The van der Waals surface area contributed by atoms with Crippen molar-refractivity contribution in [2.45, 2.75) is 31.7 Å². The average molecular weight is 211 g/mol. The molecule has 1 atom stereocenters. The van der Waals surface area contributed by atoms with Gasteiger partial charge in [-0.15, -0.1) is 0 Å². The molecule has 4 heteroatoms. The number of carbonyl (C=O) groups is 1. The van der Waals surface area contributed by atoms with Crippen molar-refractivity contribution in [1.29, 1.82) is 0 Å². The largest absolute Gasteiger partial charge is 0.368 e. The minimum Gasteiger partial charge on any atom is -0.368 e. The summed E-state index contributed by atoms with van der Waals surface area (Å²) < 4.78 is 0. The Balaban J connectivity index is 1.78. The number of likely N-dealkylation sites (tertiary alicyclic amines) is 1. The Morgan fingerprint density at radius 3 is 2.80 bits per heavy atom. The standard InChI is InChI=1S/C11H21N3O/c12-11(15)10-3-1-2-5-14(10)6-4-9-7-13-8-9/h9-10,13H,1-8H2,(H2,12,15). The zero-order chi connectivity index (χ0) is 10.7. The number of nitrogens with zero attached hydrogens (tertiary/aromatic N) is 1. The molecule has 3 N–H and O–H groups in total. The van der Waals surface area contributed by atoms with Crippen LogP contribution in [0.4, 0.5) is 0 Å². The maximum Gasteiger partial charge on any atom is 0.234 e. The van der Waals surface area contributed by atoms with E-state index in [9.17, 15) is 4.79 Å². The average Bonchev–Trinajstić information content (AvgIpc) is 2.16. The maximum absolute atomic E-state index is 11.3. The second-order valence-electron chi connectivity index (χ2n) is 4.76. The molecule has 0 aromatic rings. The molecule has 0 aromatic carbocycles. The first-order valence-electron chi connectivity index (χ1n) is 6.01. The van der Waals surface area contributed by atoms with Crippen molar-refractivity contribution in [1.82, 2.24) is 10.2 Å². The highest BCUT2D eigenvalue weighted by molar-refractivity contribution is 5.79. The third-order valence-corrected chi connectivity index (χ3v) is 3.63. The molecule has 2 aliphatic rings. The fourth-order valence-corrected chi connectivity index (χ4v) is 2.48. The molecule has 2 rings (SSSR count). The van der Waals surface area contributed by atoms with Crippen LogP contribution in [0.15, 0.2) is 0 Å². The number of carbonyl (C=O) groups excluding carboxylic acids is 1. The third kappa shape index (κ3) is 2.69. The van der Waals surface area contributed by atoms with E-state index in [4.69, 9.17) is 5.73 Å². The lowest BCUT2D eigenvalue weighted by molar-refractivity contribution is -0.124. The second kappa shape index (κ2) is 4.94. The molecule has 0 spiro atoms. The van der Waals surface area contributed by atoms with E-state index in [-0.39, 0.29) is 11.9 Å². The van der Waals surface area contributed by atoms with E-state index < -0.39 is 0 Å². The van der Waals surface area contributed by atoms with E-state index in [1.54, 1.807) is 0 Å². The number of hydrogen-bond donors (Lipinski definition) is 2. The van der Waals surface area contributed by atoms with Crippen LogP contribution in [0.2, 0.25) is 0 Å². The van der Waals surface area contributed by atoms with Crippen LogP contribution < -0.4 is 11.1 Å². The van der Waals surface area contributed by atoms with E-state index in [2.05, 4.69) is 10.2 Å². The van der Waals surface area contributed by atoms with Gasteiger partial charge in [0.25, 0.3) is 0 Å². The summed E-state index contributed by atoms with van der Waals surface area (Å²) in [6.45, 7) is 4.39. The zero-order valence-corrected chi connectivity index (χ0v) is 9.24. The SMILES string of the molecule is NC(=O)C1CCCCN1CCC1CNC1. The first-order chi connectivity index (χ1) is 7.27. The summed E-state index contributed by atoms with van der Waals surface area (Å²) >= 11 is 0. The van der Waals surface area contributed by atoms with E-state index in [1.165, 1.54) is 12.8 Å². The van der Waals surface area contributed by atoms with Gasteiger partial charge in [-0.3, -0.25) is 9.69 Å². The van der Waals surface area contributed by atoms with E-state index in [1.807, 2.05) is 0 Å². The van der Waals surface area contributed by atoms with Crippen molar-refractivity contribution >= 4 is 5.91 Å². The Labute approximate surface area is 91.2 Å². The van der Waals surface area contributed by atoms with Gasteiger partial charge >= 0.3 is 0 Å². The molecular formula is C11H21N3O. The van der Waals surface area contributed by atoms with Gasteiger partial charge in [0.15, 0.2) is 0 Å². The summed E-state index contributed by atoms with van der Waals surface area (Å²) in [4.78, 5) is 13.5. The molecule has 4 nitrogen and oxygen atoms in total. The molecule has 2 aliphatic heterocycles. The number of piperidine rings is 1. The van der Waals surface area contributed by atoms with E-state index in [0.717, 1.165) is 44.9 Å². The van der Waals surface area contributed by atoms with Gasteiger partial charge < -0.3 is 11.1 Å². The number of amides is 1. The molecule has 2 fully saturated rings. The molecule has 1 unspecified atom stereocenters. The molecule has 1 amide bonds. The Bertz CT molecular complexity index is 228. The highest BCUT2D eigenvalue weighted by atomic mass is 16.1. The van der Waals surface area contributed by atoms with Crippen LogP contribution >= 0.6 is 0 Å². The summed E-state index contributed by atoms with van der Waals surface area (Å²) in [5.74, 6) is 0.682. The molecule has 0 aromatic heterocycles. The fourth-order valence-electron chi connectivity index (χ4n) is 2.48. The highest BCUT2D eigenvalue weighted by Crippen LogP contribution is 2.18. The second-order valence-corrected chi connectivity index (χ2v) is 4.76. The van der Waals surface area contributed by atoms with Gasteiger partial charge in [0.05, 0.1) is 6.04 Å². The van der Waals surface area contributed by atoms with Crippen LogP contribution in [-0.2, 0) is 4.79 Å². The lowest BCUT2D eigenvalue weighted by Gasteiger charge is -2.36.